The molecule has 3 rings (SSSR count). The number of allylic oxidation sites excluding steroid dienone is 1. The second-order valence-electron chi connectivity index (χ2n) is 4.86. The number of carbonyl (C=O) groups is 1. The molecule has 0 aromatic heterocycles. The van der Waals surface area contributed by atoms with Crippen molar-refractivity contribution in [2.24, 2.45) is 0 Å². The van der Waals surface area contributed by atoms with Crippen molar-refractivity contribution in [2.75, 3.05) is 0 Å². The molecule has 1 aliphatic carbocycles. The van der Waals surface area contributed by atoms with E-state index in [1.54, 1.807) is 30.3 Å². The van der Waals surface area contributed by atoms with Gasteiger partial charge in [-0.15, -0.1) is 0 Å². The third-order valence-electron chi connectivity index (χ3n) is 3.61. The van der Waals surface area contributed by atoms with Gasteiger partial charge in [0.2, 0.25) is 0 Å². The maximum Gasteiger partial charge on any atom is 0.193 e. The number of benzene rings is 2. The van der Waals surface area contributed by atoms with Crippen LogP contribution in [0.4, 0.5) is 0 Å². The number of Topliss-reactive ketones (excluding diaryl/α,β-unsaturated/α-hetero) is 1. The molecule has 0 amide bonds. The van der Waals surface area contributed by atoms with E-state index in [0.717, 1.165) is 6.26 Å². The Kier molecular flexibility index (Phi) is 4.13. The molecule has 1 aliphatic rings. The minimum absolute atomic E-state index is 0.198. The molecular formula is C16H8Cl4O2. The monoisotopic (exact) mass is 372 g/mol. The van der Waals surface area contributed by atoms with E-state index in [9.17, 15) is 9.90 Å². The molecule has 112 valence electrons. The molecule has 0 spiro atoms. The molecule has 0 saturated heterocycles. The van der Waals surface area contributed by atoms with Gasteiger partial charge in [-0.25, -0.2) is 0 Å². The van der Waals surface area contributed by atoms with Crippen molar-refractivity contribution >= 4 is 52.2 Å². The highest BCUT2D eigenvalue weighted by atomic mass is 35.5. The summed E-state index contributed by atoms with van der Waals surface area (Å²) < 4.78 is 0. The summed E-state index contributed by atoms with van der Waals surface area (Å²) in [5, 5.41) is 11.1. The lowest BCUT2D eigenvalue weighted by molar-refractivity contribution is 0.103. The Morgan fingerprint density at radius 1 is 0.955 bits per heavy atom. The SMILES string of the molecule is O=C1/C(=C/O)C(c2ccc(Cl)cc2Cl)c2c(Cl)cc(Cl)cc21. The maximum absolute atomic E-state index is 12.5. The molecule has 2 aromatic carbocycles. The van der Waals surface area contributed by atoms with E-state index in [-0.39, 0.29) is 11.4 Å². The van der Waals surface area contributed by atoms with Gasteiger partial charge in [-0.3, -0.25) is 4.79 Å². The van der Waals surface area contributed by atoms with E-state index in [4.69, 9.17) is 46.4 Å². The van der Waals surface area contributed by atoms with Crippen molar-refractivity contribution in [3.05, 3.63) is 78.9 Å². The van der Waals surface area contributed by atoms with Gasteiger partial charge in [-0.05, 0) is 35.4 Å². The largest absolute Gasteiger partial charge is 0.515 e. The standard InChI is InChI=1S/C16H8Cl4O2/c17-7-1-2-9(12(19)4-7)14-11(6-21)16(22)10-3-8(18)5-13(20)15(10)14/h1-6,14,21H/b11-6+. The van der Waals surface area contributed by atoms with Gasteiger partial charge in [0.25, 0.3) is 0 Å². The molecule has 6 heteroatoms. The molecule has 0 radical (unpaired) electrons. The third kappa shape index (κ3) is 2.40. The number of carbonyl (C=O) groups excluding carboxylic acids is 1. The summed E-state index contributed by atoms with van der Waals surface area (Å²) in [4.78, 5) is 12.5. The Morgan fingerprint density at radius 3 is 2.27 bits per heavy atom. The zero-order valence-electron chi connectivity index (χ0n) is 10.9. The Balaban J connectivity index is 2.30. The average molecular weight is 374 g/mol. The Labute approximate surface area is 146 Å². The minimum atomic E-state index is -0.554. The maximum atomic E-state index is 12.5. The van der Waals surface area contributed by atoms with Crippen LogP contribution in [0.2, 0.25) is 20.1 Å². The molecule has 1 unspecified atom stereocenters. The van der Waals surface area contributed by atoms with Crippen molar-refractivity contribution in [1.29, 1.82) is 0 Å². The topological polar surface area (TPSA) is 37.3 Å². The lowest BCUT2D eigenvalue weighted by Gasteiger charge is -2.16. The molecule has 0 saturated carbocycles. The van der Waals surface area contributed by atoms with Crippen LogP contribution < -0.4 is 0 Å². The zero-order valence-corrected chi connectivity index (χ0v) is 13.9. The van der Waals surface area contributed by atoms with Crippen LogP contribution in [0.3, 0.4) is 0 Å². The molecule has 0 heterocycles. The summed E-state index contributed by atoms with van der Waals surface area (Å²) in [5.74, 6) is -0.875. The summed E-state index contributed by atoms with van der Waals surface area (Å²) in [6, 6.07) is 8.07. The first-order valence-electron chi connectivity index (χ1n) is 6.27. The van der Waals surface area contributed by atoms with Gasteiger partial charge < -0.3 is 5.11 Å². The second-order valence-corrected chi connectivity index (χ2v) is 6.55. The molecule has 2 aromatic rings. The first-order valence-corrected chi connectivity index (χ1v) is 7.78. The van der Waals surface area contributed by atoms with Crippen molar-refractivity contribution < 1.29 is 9.90 Å². The van der Waals surface area contributed by atoms with Gasteiger partial charge in [0.15, 0.2) is 5.78 Å². The van der Waals surface area contributed by atoms with Gasteiger partial charge >= 0.3 is 0 Å². The lowest BCUT2D eigenvalue weighted by Crippen LogP contribution is -2.03. The summed E-state index contributed by atoms with van der Waals surface area (Å²) in [7, 11) is 0. The van der Waals surface area contributed by atoms with Crippen molar-refractivity contribution in [1.82, 2.24) is 0 Å². The van der Waals surface area contributed by atoms with E-state index in [0.29, 0.717) is 36.8 Å². The fourth-order valence-corrected chi connectivity index (χ4v) is 3.82. The van der Waals surface area contributed by atoms with Crippen LogP contribution in [0.5, 0.6) is 0 Å². The summed E-state index contributed by atoms with van der Waals surface area (Å²) >= 11 is 24.4. The summed E-state index contributed by atoms with van der Waals surface area (Å²) in [5.41, 5.74) is 1.79. The molecule has 0 aliphatic heterocycles. The fraction of sp³-hybridized carbons (Fsp3) is 0.0625. The smallest absolute Gasteiger partial charge is 0.193 e. The number of halogens is 4. The van der Waals surface area contributed by atoms with E-state index in [2.05, 4.69) is 0 Å². The third-order valence-corrected chi connectivity index (χ3v) is 4.71. The van der Waals surface area contributed by atoms with Crippen LogP contribution in [-0.4, -0.2) is 10.9 Å². The number of hydrogen-bond donors (Lipinski definition) is 1. The Morgan fingerprint density at radius 2 is 1.64 bits per heavy atom. The number of aliphatic hydroxyl groups excluding tert-OH is 1. The highest BCUT2D eigenvalue weighted by Gasteiger charge is 2.39. The van der Waals surface area contributed by atoms with E-state index >= 15 is 0 Å². The van der Waals surface area contributed by atoms with Crippen LogP contribution in [0, 0.1) is 0 Å². The number of rotatable bonds is 1. The number of ketones is 1. The van der Waals surface area contributed by atoms with Gasteiger partial charge in [0, 0.05) is 37.1 Å². The highest BCUT2D eigenvalue weighted by Crippen LogP contribution is 2.48. The molecule has 1 N–H and O–H groups in total. The normalized spacial score (nSPS) is 18.8. The van der Waals surface area contributed by atoms with Crippen LogP contribution in [-0.2, 0) is 0 Å². The van der Waals surface area contributed by atoms with Gasteiger partial charge in [-0.2, -0.15) is 0 Å². The van der Waals surface area contributed by atoms with Crippen LogP contribution >= 0.6 is 46.4 Å². The van der Waals surface area contributed by atoms with Crippen molar-refractivity contribution in [3.63, 3.8) is 0 Å². The number of hydrogen-bond acceptors (Lipinski definition) is 2. The Hall–Kier alpha value is -1.19. The molecule has 1 atom stereocenters. The number of aliphatic hydroxyl groups is 1. The van der Waals surface area contributed by atoms with Gasteiger partial charge in [0.05, 0.1) is 6.26 Å². The van der Waals surface area contributed by atoms with E-state index < -0.39 is 5.92 Å². The molecular weight excluding hydrogens is 366 g/mol. The van der Waals surface area contributed by atoms with Crippen molar-refractivity contribution in [2.45, 2.75) is 5.92 Å². The number of fused-ring (bicyclic) bond motifs is 1. The first kappa shape index (κ1) is 15.7. The van der Waals surface area contributed by atoms with Gasteiger partial charge in [0.1, 0.15) is 0 Å². The first-order chi connectivity index (χ1) is 10.4. The zero-order chi connectivity index (χ0) is 16.0. The quantitative estimate of drug-likeness (QED) is 0.486. The predicted octanol–water partition coefficient (Wildman–Crippen LogP) is 6.07. The predicted molar refractivity (Wildman–Crippen MR) is 89.8 cm³/mol. The average Bonchev–Trinajstić information content (AvgIpc) is 2.72. The minimum Gasteiger partial charge on any atom is -0.515 e. The van der Waals surface area contributed by atoms with Crippen LogP contribution in [0.1, 0.15) is 27.4 Å². The lowest BCUT2D eigenvalue weighted by atomic mass is 9.90. The van der Waals surface area contributed by atoms with Crippen LogP contribution in [0.15, 0.2) is 42.2 Å². The molecule has 22 heavy (non-hydrogen) atoms. The van der Waals surface area contributed by atoms with Gasteiger partial charge in [-0.1, -0.05) is 52.5 Å². The molecule has 0 fully saturated rings. The molecule has 0 bridgehead atoms. The summed E-state index contributed by atoms with van der Waals surface area (Å²) in [6.07, 6.45) is 0.794. The summed E-state index contributed by atoms with van der Waals surface area (Å²) in [6.45, 7) is 0. The highest BCUT2D eigenvalue weighted by molar-refractivity contribution is 6.37. The van der Waals surface area contributed by atoms with Crippen LogP contribution in [0.25, 0.3) is 0 Å². The van der Waals surface area contributed by atoms with E-state index in [1.165, 1.54) is 0 Å². The second kappa shape index (κ2) is 5.78. The van der Waals surface area contributed by atoms with Crippen molar-refractivity contribution in [3.8, 4) is 0 Å². The fourth-order valence-electron chi connectivity index (χ4n) is 2.70. The van der Waals surface area contributed by atoms with E-state index in [1.807, 2.05) is 0 Å². The molecule has 2 nitrogen and oxygen atoms in total. The Bertz CT molecular complexity index is 827.